The second kappa shape index (κ2) is 16.6. The molecular weight excluding hydrogens is 606 g/mol. The van der Waals surface area contributed by atoms with Crippen molar-refractivity contribution < 1.29 is 33.4 Å². The van der Waals surface area contributed by atoms with Crippen molar-refractivity contribution in [1.82, 2.24) is 15.1 Å². The van der Waals surface area contributed by atoms with Gasteiger partial charge in [-0.2, -0.15) is 11.8 Å². The maximum absolute atomic E-state index is 14.5. The topological polar surface area (TPSA) is 114 Å². The van der Waals surface area contributed by atoms with Gasteiger partial charge in [0.15, 0.2) is 0 Å². The Morgan fingerprint density at radius 2 is 1.50 bits per heavy atom. The highest BCUT2D eigenvalue weighted by Crippen LogP contribution is 2.34. The number of ether oxygens (including phenoxy) is 3. The molecule has 0 saturated heterocycles. The lowest BCUT2D eigenvalue weighted by atomic mass is 9.76. The van der Waals surface area contributed by atoms with Crippen LogP contribution in [0.2, 0.25) is 0 Å². The predicted octanol–water partition coefficient (Wildman–Crippen LogP) is 5.83. The minimum atomic E-state index is -1.07. The van der Waals surface area contributed by atoms with E-state index in [0.717, 1.165) is 5.56 Å². The molecule has 11 heteroatoms. The third kappa shape index (κ3) is 10.7. The van der Waals surface area contributed by atoms with E-state index in [0.29, 0.717) is 11.3 Å². The first-order valence-electron chi connectivity index (χ1n) is 15.6. The van der Waals surface area contributed by atoms with Gasteiger partial charge < -0.3 is 24.4 Å². The zero-order valence-corrected chi connectivity index (χ0v) is 31.4. The van der Waals surface area contributed by atoms with Crippen LogP contribution in [0.1, 0.15) is 81.7 Å². The van der Waals surface area contributed by atoms with Crippen molar-refractivity contribution in [2.75, 3.05) is 34.1 Å². The highest BCUT2D eigenvalue weighted by molar-refractivity contribution is 8.00. The third-order valence-corrected chi connectivity index (χ3v) is 9.37. The molecule has 0 radical (unpaired) electrons. The molecule has 10 nitrogen and oxygen atoms in total. The number of hydrogen-bond acceptors (Lipinski definition) is 8. The molecule has 0 heterocycles. The van der Waals surface area contributed by atoms with E-state index in [4.69, 9.17) is 14.2 Å². The van der Waals surface area contributed by atoms with E-state index in [1.165, 1.54) is 23.7 Å². The Bertz CT molecular complexity index is 1240. The largest absolute Gasteiger partial charge is 0.497 e. The van der Waals surface area contributed by atoms with E-state index in [2.05, 4.69) is 5.32 Å². The Hall–Kier alpha value is -3.21. The molecule has 0 bridgehead atoms. The summed E-state index contributed by atoms with van der Waals surface area (Å²) >= 11 is 1.44. The van der Waals surface area contributed by atoms with E-state index >= 15 is 0 Å². The summed E-state index contributed by atoms with van der Waals surface area (Å²) in [6.45, 7) is 20.4. The average Bonchev–Trinajstić information content (AvgIpc) is 2.96. The molecule has 1 N–H and O–H groups in total. The number of hydrogen-bond donors (Lipinski definition) is 1. The van der Waals surface area contributed by atoms with Crippen LogP contribution in [0.15, 0.2) is 35.9 Å². The van der Waals surface area contributed by atoms with Crippen LogP contribution in [0, 0.1) is 5.92 Å². The number of methoxy groups -OCH3 is 1. The molecule has 1 aromatic carbocycles. The Morgan fingerprint density at radius 3 is 1.93 bits per heavy atom. The lowest BCUT2D eigenvalue weighted by Crippen LogP contribution is -2.64. The summed E-state index contributed by atoms with van der Waals surface area (Å²) < 4.78 is 15.4. The van der Waals surface area contributed by atoms with Gasteiger partial charge in [-0.05, 0) is 78.3 Å². The summed E-state index contributed by atoms with van der Waals surface area (Å²) in [6.07, 6.45) is 2.94. The molecule has 3 atom stereocenters. The number of amides is 3. The number of thioether (sulfide) groups is 1. The van der Waals surface area contributed by atoms with Crippen LogP contribution in [-0.2, 0) is 29.3 Å². The third-order valence-electron chi connectivity index (χ3n) is 8.09. The fourth-order valence-electron chi connectivity index (χ4n) is 5.15. The summed E-state index contributed by atoms with van der Waals surface area (Å²) in [6, 6.07) is 4.81. The fourth-order valence-corrected chi connectivity index (χ4v) is 5.54. The lowest BCUT2D eigenvalue weighted by Gasteiger charge is -2.43. The normalized spacial score (nSPS) is 14.6. The van der Waals surface area contributed by atoms with Crippen LogP contribution in [0.4, 0.5) is 4.79 Å². The SMILES string of the molecule is CCOC(=O)/C(C)=C/[C@H](C(C)C)N(C)C(=O)[C@@H](NC(=O)[C@@H](N(C)C(=O)OC(C)(C)C)C(C)(C)c1ccc(OC)cc1)C(C)(C)SC. The Labute approximate surface area is 281 Å². The minimum absolute atomic E-state index is 0.0490. The van der Waals surface area contributed by atoms with Gasteiger partial charge in [-0.1, -0.05) is 45.9 Å². The van der Waals surface area contributed by atoms with Crippen LogP contribution in [0.25, 0.3) is 0 Å². The Kier molecular flexibility index (Phi) is 14.7. The van der Waals surface area contributed by atoms with Gasteiger partial charge in [0.05, 0.1) is 19.8 Å². The van der Waals surface area contributed by atoms with Crippen LogP contribution in [0.5, 0.6) is 5.75 Å². The summed E-state index contributed by atoms with van der Waals surface area (Å²) in [5, 5.41) is 3.04. The van der Waals surface area contributed by atoms with Crippen molar-refractivity contribution in [2.45, 2.75) is 110 Å². The molecule has 1 rings (SSSR count). The van der Waals surface area contributed by atoms with Crippen LogP contribution >= 0.6 is 11.8 Å². The van der Waals surface area contributed by atoms with E-state index < -0.39 is 51.9 Å². The number of likely N-dealkylation sites (N-methyl/N-ethyl adjacent to an activating group) is 2. The van der Waals surface area contributed by atoms with E-state index in [9.17, 15) is 19.2 Å². The minimum Gasteiger partial charge on any atom is -0.497 e. The van der Waals surface area contributed by atoms with Crippen molar-refractivity contribution >= 4 is 35.6 Å². The second-order valence-corrected chi connectivity index (χ2v) is 15.4. The molecule has 0 aromatic heterocycles. The summed E-state index contributed by atoms with van der Waals surface area (Å²) in [5.74, 6) is -0.685. The molecule has 0 unspecified atom stereocenters. The molecule has 0 aliphatic carbocycles. The van der Waals surface area contributed by atoms with Crippen molar-refractivity contribution in [1.29, 1.82) is 0 Å². The number of rotatable bonds is 14. The number of nitrogens with one attached hydrogen (secondary N) is 1. The number of carbonyl (C=O) groups excluding carboxylic acids is 4. The maximum Gasteiger partial charge on any atom is 0.410 e. The van der Waals surface area contributed by atoms with Crippen LogP contribution in [-0.4, -0.2) is 96.2 Å². The number of benzene rings is 1. The quantitative estimate of drug-likeness (QED) is 0.196. The van der Waals surface area contributed by atoms with Gasteiger partial charge in [0, 0.05) is 29.8 Å². The number of carbonyl (C=O) groups is 4. The fraction of sp³-hybridized carbons (Fsp3) is 0.657. The van der Waals surface area contributed by atoms with Gasteiger partial charge in [0.25, 0.3) is 0 Å². The molecule has 0 spiro atoms. The summed E-state index contributed by atoms with van der Waals surface area (Å²) in [7, 11) is 4.78. The monoisotopic (exact) mass is 663 g/mol. The molecule has 0 aliphatic heterocycles. The molecule has 1 aromatic rings. The van der Waals surface area contributed by atoms with Crippen LogP contribution < -0.4 is 10.1 Å². The standard InChI is InChI=1S/C35H57N3O7S/c1-16-44-31(41)23(4)21-26(22(2)3)37(12)30(40)27(35(10,11)46-15)36-29(39)28(38(13)32(42)45-33(5,6)7)34(8,9)24-17-19-25(43-14)20-18-24/h17-22,26-28H,16H2,1-15H3,(H,36,39)/b23-21+/t26-,27-,28-/m1/s1. The molecule has 0 fully saturated rings. The predicted molar refractivity (Wildman–Crippen MR) is 185 cm³/mol. The zero-order chi connectivity index (χ0) is 35.8. The van der Waals surface area contributed by atoms with Gasteiger partial charge in [-0.3, -0.25) is 14.5 Å². The van der Waals surface area contributed by atoms with Gasteiger partial charge in [-0.25, -0.2) is 9.59 Å². The van der Waals surface area contributed by atoms with Crippen molar-refractivity contribution in [3.63, 3.8) is 0 Å². The van der Waals surface area contributed by atoms with Crippen molar-refractivity contribution in [2.24, 2.45) is 5.92 Å². The summed E-state index contributed by atoms with van der Waals surface area (Å²) in [4.78, 5) is 57.5. The van der Waals surface area contributed by atoms with Gasteiger partial charge >= 0.3 is 12.1 Å². The molecule has 3 amide bonds. The van der Waals surface area contributed by atoms with Crippen molar-refractivity contribution in [3.05, 3.63) is 41.5 Å². The van der Waals surface area contributed by atoms with Crippen LogP contribution in [0.3, 0.4) is 0 Å². The smallest absolute Gasteiger partial charge is 0.410 e. The Balaban J connectivity index is 3.70. The first kappa shape index (κ1) is 40.8. The first-order chi connectivity index (χ1) is 21.0. The lowest BCUT2D eigenvalue weighted by molar-refractivity contribution is -0.140. The second-order valence-electron chi connectivity index (χ2n) is 13.9. The zero-order valence-electron chi connectivity index (χ0n) is 30.6. The summed E-state index contributed by atoms with van der Waals surface area (Å²) in [5.41, 5.74) is -0.539. The highest BCUT2D eigenvalue weighted by atomic mass is 32.2. The van der Waals surface area contributed by atoms with E-state index in [-0.39, 0.29) is 18.4 Å². The van der Waals surface area contributed by atoms with Gasteiger partial charge in [-0.15, -0.1) is 0 Å². The Morgan fingerprint density at radius 1 is 0.957 bits per heavy atom. The van der Waals surface area contributed by atoms with Crippen molar-refractivity contribution in [3.8, 4) is 5.75 Å². The van der Waals surface area contributed by atoms with Gasteiger partial charge in [0.2, 0.25) is 11.8 Å². The molecular formula is C35H57N3O7S. The first-order valence-corrected chi connectivity index (χ1v) is 16.9. The molecule has 46 heavy (non-hydrogen) atoms. The van der Waals surface area contributed by atoms with E-state index in [1.54, 1.807) is 71.9 Å². The molecule has 0 saturated carbocycles. The van der Waals surface area contributed by atoms with Gasteiger partial charge in [0.1, 0.15) is 23.4 Å². The molecule has 0 aliphatic rings. The number of esters is 1. The average molecular weight is 664 g/mol. The van der Waals surface area contributed by atoms with E-state index in [1.807, 2.05) is 59.9 Å². The number of nitrogens with zero attached hydrogens (tertiary/aromatic N) is 2. The highest BCUT2D eigenvalue weighted by Gasteiger charge is 2.46. The molecule has 260 valence electrons. The maximum atomic E-state index is 14.5.